The van der Waals surface area contributed by atoms with E-state index in [1.165, 1.54) is 0 Å². The van der Waals surface area contributed by atoms with Crippen molar-refractivity contribution in [2.24, 2.45) is 5.41 Å². The summed E-state index contributed by atoms with van der Waals surface area (Å²) in [5.41, 5.74) is 1.42. The summed E-state index contributed by atoms with van der Waals surface area (Å²) in [4.78, 5) is 10.2. The van der Waals surface area contributed by atoms with Crippen LogP contribution in [-0.4, -0.2) is 18.0 Å². The zero-order valence-corrected chi connectivity index (χ0v) is 10.9. The maximum Gasteiger partial charge on any atom is 0.269 e. The number of likely N-dealkylation sites (N-methyl/N-ethyl adjacent to an activating group) is 1. The van der Waals surface area contributed by atoms with Crippen LogP contribution in [0.5, 0.6) is 0 Å². The number of nitrogens with one attached hydrogen (secondary N) is 1. The minimum atomic E-state index is -0.372. The summed E-state index contributed by atoms with van der Waals surface area (Å²) < 4.78 is 0. The zero-order chi connectivity index (χ0) is 13.1. The van der Waals surface area contributed by atoms with Crippen molar-refractivity contribution in [3.05, 3.63) is 39.9 Å². The molecule has 1 rings (SSSR count). The minimum absolute atomic E-state index is 0.144. The smallest absolute Gasteiger partial charge is 0.269 e. The first-order chi connectivity index (χ1) is 7.84. The Morgan fingerprint density at radius 2 is 1.82 bits per heavy atom. The largest absolute Gasteiger partial charge is 0.316 e. The molecule has 1 unspecified atom stereocenters. The SMILES string of the molecule is CNC(Cc1ccc([N+](=O)[O-])cc1)C(C)(C)C. The number of hydrogen-bond donors (Lipinski definition) is 1. The Morgan fingerprint density at radius 1 is 1.29 bits per heavy atom. The lowest BCUT2D eigenvalue weighted by Crippen LogP contribution is -2.39. The van der Waals surface area contributed by atoms with Crippen molar-refractivity contribution in [2.45, 2.75) is 33.2 Å². The first-order valence-corrected chi connectivity index (χ1v) is 5.75. The summed E-state index contributed by atoms with van der Waals surface area (Å²) in [6.45, 7) is 6.54. The molecule has 0 amide bonds. The third-order valence-electron chi connectivity index (χ3n) is 2.98. The second-order valence-corrected chi connectivity index (χ2v) is 5.33. The molecule has 0 aliphatic heterocycles. The quantitative estimate of drug-likeness (QED) is 0.646. The molecule has 17 heavy (non-hydrogen) atoms. The molecule has 4 heteroatoms. The summed E-state index contributed by atoms with van der Waals surface area (Å²) >= 11 is 0. The first kappa shape index (κ1) is 13.6. The fraction of sp³-hybridized carbons (Fsp3) is 0.538. The Kier molecular flexibility index (Phi) is 4.23. The second-order valence-electron chi connectivity index (χ2n) is 5.33. The van der Waals surface area contributed by atoms with E-state index in [1.807, 2.05) is 19.2 Å². The maximum absolute atomic E-state index is 10.5. The maximum atomic E-state index is 10.5. The number of non-ortho nitro benzene ring substituents is 1. The van der Waals surface area contributed by atoms with Gasteiger partial charge in [0.25, 0.3) is 5.69 Å². The van der Waals surface area contributed by atoms with Crippen LogP contribution in [0.3, 0.4) is 0 Å². The standard InChI is InChI=1S/C13H20N2O2/c1-13(2,3)12(14-4)9-10-5-7-11(8-6-10)15(16)17/h5-8,12,14H,9H2,1-4H3. The fourth-order valence-electron chi connectivity index (χ4n) is 1.83. The molecule has 0 spiro atoms. The predicted octanol–water partition coefficient (Wildman–Crippen LogP) is 2.77. The van der Waals surface area contributed by atoms with Crippen LogP contribution in [-0.2, 0) is 6.42 Å². The van der Waals surface area contributed by atoms with Gasteiger partial charge in [-0.15, -0.1) is 0 Å². The topological polar surface area (TPSA) is 55.2 Å². The second kappa shape index (κ2) is 5.27. The molecule has 0 radical (unpaired) electrons. The van der Waals surface area contributed by atoms with Crippen LogP contribution in [0.25, 0.3) is 0 Å². The van der Waals surface area contributed by atoms with Crippen LogP contribution < -0.4 is 5.32 Å². The van der Waals surface area contributed by atoms with Gasteiger partial charge in [0, 0.05) is 18.2 Å². The zero-order valence-electron chi connectivity index (χ0n) is 10.9. The Hall–Kier alpha value is -1.42. The van der Waals surface area contributed by atoms with Crippen molar-refractivity contribution in [1.29, 1.82) is 0 Å². The van der Waals surface area contributed by atoms with E-state index in [0.29, 0.717) is 6.04 Å². The molecule has 4 nitrogen and oxygen atoms in total. The third kappa shape index (κ3) is 3.82. The Morgan fingerprint density at radius 3 is 2.18 bits per heavy atom. The van der Waals surface area contributed by atoms with Crippen molar-refractivity contribution in [2.75, 3.05) is 7.05 Å². The number of nitrogens with zero attached hydrogens (tertiary/aromatic N) is 1. The summed E-state index contributed by atoms with van der Waals surface area (Å²) in [6.07, 6.45) is 0.873. The van der Waals surface area contributed by atoms with E-state index in [-0.39, 0.29) is 16.0 Å². The molecule has 1 aromatic carbocycles. The normalized spacial score (nSPS) is 13.4. The average Bonchev–Trinajstić information content (AvgIpc) is 2.24. The van der Waals surface area contributed by atoms with Gasteiger partial charge in [0.2, 0.25) is 0 Å². The number of benzene rings is 1. The van der Waals surface area contributed by atoms with E-state index in [4.69, 9.17) is 0 Å². The molecule has 94 valence electrons. The van der Waals surface area contributed by atoms with Gasteiger partial charge in [0.1, 0.15) is 0 Å². The summed E-state index contributed by atoms with van der Waals surface area (Å²) in [6, 6.07) is 7.13. The molecule has 0 saturated heterocycles. The van der Waals surface area contributed by atoms with E-state index in [2.05, 4.69) is 26.1 Å². The van der Waals surface area contributed by atoms with Gasteiger partial charge in [-0.2, -0.15) is 0 Å². The molecule has 0 aliphatic carbocycles. The summed E-state index contributed by atoms with van der Waals surface area (Å²) in [5, 5.41) is 13.8. The molecule has 0 saturated carbocycles. The molecular weight excluding hydrogens is 216 g/mol. The predicted molar refractivity (Wildman–Crippen MR) is 69.1 cm³/mol. The summed E-state index contributed by atoms with van der Waals surface area (Å²) in [5.74, 6) is 0. The van der Waals surface area contributed by atoms with Crippen LogP contribution in [0.2, 0.25) is 0 Å². The highest BCUT2D eigenvalue weighted by atomic mass is 16.6. The Bertz CT molecular complexity index is 379. The number of rotatable bonds is 4. The minimum Gasteiger partial charge on any atom is -0.316 e. The molecule has 0 bridgehead atoms. The van der Waals surface area contributed by atoms with E-state index < -0.39 is 0 Å². The molecule has 0 aliphatic rings. The van der Waals surface area contributed by atoms with E-state index >= 15 is 0 Å². The third-order valence-corrected chi connectivity index (χ3v) is 2.98. The van der Waals surface area contributed by atoms with Crippen LogP contribution in [0.1, 0.15) is 26.3 Å². The van der Waals surface area contributed by atoms with E-state index in [9.17, 15) is 10.1 Å². The number of nitro groups is 1. The van der Waals surface area contributed by atoms with E-state index in [1.54, 1.807) is 12.1 Å². The van der Waals surface area contributed by atoms with E-state index in [0.717, 1.165) is 12.0 Å². The fourth-order valence-corrected chi connectivity index (χ4v) is 1.83. The van der Waals surface area contributed by atoms with Crippen molar-refractivity contribution in [3.8, 4) is 0 Å². The average molecular weight is 236 g/mol. The molecule has 0 aromatic heterocycles. The highest BCUT2D eigenvalue weighted by molar-refractivity contribution is 5.33. The number of nitro benzene ring substituents is 1. The van der Waals surface area contributed by atoms with Gasteiger partial charge in [-0.05, 0) is 24.4 Å². The van der Waals surface area contributed by atoms with Crippen LogP contribution in [0.4, 0.5) is 5.69 Å². The Balaban J connectivity index is 2.78. The lowest BCUT2D eigenvalue weighted by atomic mass is 9.83. The monoisotopic (exact) mass is 236 g/mol. The highest BCUT2D eigenvalue weighted by Gasteiger charge is 2.23. The van der Waals surface area contributed by atoms with Gasteiger partial charge in [0.05, 0.1) is 4.92 Å². The lowest BCUT2D eigenvalue weighted by Gasteiger charge is -2.30. The van der Waals surface area contributed by atoms with Gasteiger partial charge < -0.3 is 5.32 Å². The van der Waals surface area contributed by atoms with Gasteiger partial charge in [0.15, 0.2) is 0 Å². The molecule has 0 heterocycles. The molecular formula is C13H20N2O2. The summed E-state index contributed by atoms with van der Waals surface area (Å²) in [7, 11) is 1.95. The molecule has 1 N–H and O–H groups in total. The van der Waals surface area contributed by atoms with Crippen LogP contribution >= 0.6 is 0 Å². The van der Waals surface area contributed by atoms with Crippen LogP contribution in [0.15, 0.2) is 24.3 Å². The number of hydrogen-bond acceptors (Lipinski definition) is 3. The lowest BCUT2D eigenvalue weighted by molar-refractivity contribution is -0.384. The van der Waals surface area contributed by atoms with Gasteiger partial charge in [-0.1, -0.05) is 32.9 Å². The molecule has 1 atom stereocenters. The van der Waals surface area contributed by atoms with Gasteiger partial charge in [-0.25, -0.2) is 0 Å². The van der Waals surface area contributed by atoms with Crippen molar-refractivity contribution >= 4 is 5.69 Å². The van der Waals surface area contributed by atoms with Crippen molar-refractivity contribution < 1.29 is 4.92 Å². The Labute approximate surface area is 102 Å². The van der Waals surface area contributed by atoms with Crippen molar-refractivity contribution in [1.82, 2.24) is 5.32 Å². The molecule has 1 aromatic rings. The van der Waals surface area contributed by atoms with Gasteiger partial charge >= 0.3 is 0 Å². The van der Waals surface area contributed by atoms with Crippen molar-refractivity contribution in [3.63, 3.8) is 0 Å². The van der Waals surface area contributed by atoms with Gasteiger partial charge in [-0.3, -0.25) is 10.1 Å². The highest BCUT2D eigenvalue weighted by Crippen LogP contribution is 2.23. The molecule has 0 fully saturated rings. The first-order valence-electron chi connectivity index (χ1n) is 5.75. The van der Waals surface area contributed by atoms with Crippen LogP contribution in [0, 0.1) is 15.5 Å².